The Morgan fingerprint density at radius 1 is 0.750 bits per heavy atom. The molecule has 0 aliphatic heterocycles. The minimum atomic E-state index is -3.34. The fraction of sp³-hybridized carbons (Fsp3) is 0.727. The van der Waals surface area contributed by atoms with Gasteiger partial charge in [0.25, 0.3) is 0 Å². The largest absolute Gasteiger partial charge is 2.00 e. The van der Waals surface area contributed by atoms with Gasteiger partial charge in [0.2, 0.25) is 0 Å². The number of rotatable bonds is 16. The first-order valence-electron chi connectivity index (χ1n) is 10.8. The third kappa shape index (κ3) is 14.7. The van der Waals surface area contributed by atoms with Crippen LogP contribution in [0.4, 0.5) is 0 Å². The van der Waals surface area contributed by atoms with Gasteiger partial charge in [0.1, 0.15) is 0 Å². The summed E-state index contributed by atoms with van der Waals surface area (Å²) >= 11 is 9.52. The second-order valence-corrected chi connectivity index (χ2v) is 12.2. The first-order valence-corrected chi connectivity index (χ1v) is 14.4. The molecule has 1 aromatic carbocycles. The molecule has 6 heteroatoms. The maximum absolute atomic E-state index is 11.6. The zero-order valence-electron chi connectivity index (χ0n) is 17.9. The standard InChI is InChI=1S/C22H39O2PS2.Zn/c1-3-5-7-9-11-13-15-20-17-18-22(24-25(23,26)27)19-21(20)16-14-12-10-8-6-4-2;/h17-19H,3-16H2,1-2H3,(H2,23,26,27);/q;+2/p-2. The Labute approximate surface area is 197 Å². The molecule has 0 unspecified atom stereocenters. The van der Waals surface area contributed by atoms with Crippen molar-refractivity contribution in [3.05, 3.63) is 29.3 Å². The van der Waals surface area contributed by atoms with Gasteiger partial charge in [-0.1, -0.05) is 84.1 Å². The van der Waals surface area contributed by atoms with E-state index < -0.39 is 6.12 Å². The molecule has 0 aliphatic rings. The van der Waals surface area contributed by atoms with Crippen LogP contribution in [0.2, 0.25) is 0 Å². The van der Waals surface area contributed by atoms with Crippen molar-refractivity contribution in [3.8, 4) is 5.75 Å². The van der Waals surface area contributed by atoms with E-state index in [0.29, 0.717) is 5.75 Å². The van der Waals surface area contributed by atoms with Crippen LogP contribution < -0.4 is 9.42 Å². The fourth-order valence-electron chi connectivity index (χ4n) is 3.46. The molecule has 0 fully saturated rings. The molecule has 0 aliphatic carbocycles. The summed E-state index contributed by atoms with van der Waals surface area (Å²) < 4.78 is 5.31. The van der Waals surface area contributed by atoms with Gasteiger partial charge in [0, 0.05) is 0 Å². The average molecular weight is 494 g/mol. The zero-order valence-corrected chi connectivity index (χ0v) is 23.4. The van der Waals surface area contributed by atoms with Crippen LogP contribution in [0.5, 0.6) is 5.75 Å². The third-order valence-electron chi connectivity index (χ3n) is 4.99. The molecule has 0 saturated heterocycles. The number of unbranched alkanes of at least 4 members (excludes halogenated alkanes) is 10. The minimum Gasteiger partial charge on any atom is -0.682 e. The van der Waals surface area contributed by atoms with Crippen molar-refractivity contribution in [2.75, 3.05) is 0 Å². The van der Waals surface area contributed by atoms with E-state index in [2.05, 4.69) is 19.9 Å². The zero-order chi connectivity index (χ0) is 20.0. The molecule has 0 amide bonds. The Kier molecular flexibility index (Phi) is 17.9. The molecule has 0 spiro atoms. The molecule has 1 rings (SSSR count). The van der Waals surface area contributed by atoms with Crippen LogP contribution in [-0.2, 0) is 56.8 Å². The van der Waals surface area contributed by atoms with Crippen molar-refractivity contribution in [2.24, 2.45) is 0 Å². The SMILES string of the molecule is CCCCCCCCc1ccc(O[P+]([O-])([S-])[S-])cc1CCCCCCCC.[Zn+2]. The van der Waals surface area contributed by atoms with Crippen LogP contribution in [0.3, 0.4) is 0 Å². The maximum Gasteiger partial charge on any atom is 2.00 e. The molecular weight excluding hydrogens is 457 g/mol. The van der Waals surface area contributed by atoms with Crippen LogP contribution >= 0.6 is 6.12 Å². The van der Waals surface area contributed by atoms with Crippen molar-refractivity contribution in [1.29, 1.82) is 0 Å². The number of benzene rings is 1. The first kappa shape index (κ1) is 28.7. The Bertz CT molecular complexity index is 510. The van der Waals surface area contributed by atoms with Crippen molar-refractivity contribution in [3.63, 3.8) is 0 Å². The van der Waals surface area contributed by atoms with E-state index >= 15 is 0 Å². The van der Waals surface area contributed by atoms with E-state index in [1.807, 2.05) is 12.1 Å². The Balaban J connectivity index is 0.00000729. The molecule has 0 radical (unpaired) electrons. The van der Waals surface area contributed by atoms with Gasteiger partial charge in [0.05, 0.1) is 0 Å². The van der Waals surface area contributed by atoms with Crippen LogP contribution in [0.25, 0.3) is 0 Å². The summed E-state index contributed by atoms with van der Waals surface area (Å²) in [4.78, 5) is 11.6. The minimum absolute atomic E-state index is 0. The first-order chi connectivity index (χ1) is 13.0. The fourth-order valence-corrected chi connectivity index (χ4v) is 4.34. The topological polar surface area (TPSA) is 32.3 Å². The molecule has 0 saturated carbocycles. The molecule has 0 bridgehead atoms. The van der Waals surface area contributed by atoms with Gasteiger partial charge in [-0.05, 0) is 48.9 Å². The van der Waals surface area contributed by atoms with Crippen LogP contribution in [0.15, 0.2) is 18.2 Å². The van der Waals surface area contributed by atoms with E-state index in [0.717, 1.165) is 12.8 Å². The molecule has 0 heterocycles. The molecule has 2 nitrogen and oxygen atoms in total. The van der Waals surface area contributed by atoms with Crippen molar-refractivity contribution < 1.29 is 28.9 Å². The molecule has 0 atom stereocenters. The van der Waals surface area contributed by atoms with E-state index in [-0.39, 0.29) is 19.5 Å². The third-order valence-corrected chi connectivity index (χ3v) is 5.88. The average Bonchev–Trinajstić information content (AvgIpc) is 2.61. The normalized spacial score (nSPS) is 11.3. The predicted octanol–water partition coefficient (Wildman–Crippen LogP) is 7.00. The number of hydrogen-bond acceptors (Lipinski definition) is 4. The van der Waals surface area contributed by atoms with Gasteiger partial charge in [-0.2, -0.15) is 0 Å². The maximum atomic E-state index is 11.6. The van der Waals surface area contributed by atoms with Crippen LogP contribution in [0.1, 0.15) is 102 Å². The molecule has 0 aromatic heterocycles. The summed E-state index contributed by atoms with van der Waals surface area (Å²) in [6.07, 6.45) is 14.4. The Morgan fingerprint density at radius 3 is 1.71 bits per heavy atom. The molecule has 0 N–H and O–H groups in total. The van der Waals surface area contributed by atoms with Gasteiger partial charge >= 0.3 is 19.5 Å². The van der Waals surface area contributed by atoms with E-state index in [1.54, 1.807) is 0 Å². The van der Waals surface area contributed by atoms with E-state index in [9.17, 15) is 4.89 Å². The summed E-state index contributed by atoms with van der Waals surface area (Å²) in [5, 5.41) is 0. The summed E-state index contributed by atoms with van der Waals surface area (Å²) in [6, 6.07) is 6.01. The van der Waals surface area contributed by atoms with Crippen molar-refractivity contribution >= 4 is 30.6 Å². The molecule has 156 valence electrons. The second kappa shape index (κ2) is 17.4. The van der Waals surface area contributed by atoms with Crippen LogP contribution in [0, 0.1) is 0 Å². The van der Waals surface area contributed by atoms with Gasteiger partial charge in [-0.15, -0.1) is 6.12 Å². The predicted molar refractivity (Wildman–Crippen MR) is 123 cm³/mol. The summed E-state index contributed by atoms with van der Waals surface area (Å²) in [6.45, 7) is 4.50. The van der Waals surface area contributed by atoms with Crippen LogP contribution in [-0.4, -0.2) is 0 Å². The van der Waals surface area contributed by atoms with Crippen molar-refractivity contribution in [2.45, 2.75) is 104 Å². The van der Waals surface area contributed by atoms with Gasteiger partial charge in [-0.25, -0.2) is 0 Å². The molecule has 28 heavy (non-hydrogen) atoms. The Morgan fingerprint density at radius 2 is 1.21 bits per heavy atom. The van der Waals surface area contributed by atoms with Gasteiger partial charge in [-0.3, -0.25) is 0 Å². The van der Waals surface area contributed by atoms with Crippen molar-refractivity contribution in [1.82, 2.24) is 0 Å². The summed E-state index contributed by atoms with van der Waals surface area (Å²) in [7, 11) is 0. The van der Waals surface area contributed by atoms with Gasteiger partial charge in [0.15, 0.2) is 5.75 Å². The second-order valence-electron chi connectivity index (χ2n) is 7.50. The number of aryl methyl sites for hydroxylation is 2. The quantitative estimate of drug-likeness (QED) is 0.107. The smallest absolute Gasteiger partial charge is 0.682 e. The molecule has 1 aromatic rings. The van der Waals surface area contributed by atoms with Gasteiger partial charge < -0.3 is 33.9 Å². The van der Waals surface area contributed by atoms with E-state index in [4.69, 9.17) is 29.0 Å². The molecular formula is C22H37O2PS2Zn. The van der Waals surface area contributed by atoms with E-state index in [1.165, 1.54) is 88.2 Å². The Hall–Kier alpha value is 0.733. The summed E-state index contributed by atoms with van der Waals surface area (Å²) in [5.74, 6) is 0.566. The monoisotopic (exact) mass is 492 g/mol. The number of hydrogen-bond donors (Lipinski definition) is 0. The summed E-state index contributed by atoms with van der Waals surface area (Å²) in [5.41, 5.74) is 2.71.